The Morgan fingerprint density at radius 3 is 3.00 bits per heavy atom. The summed E-state index contributed by atoms with van der Waals surface area (Å²) >= 11 is 4.94. The number of hydrogen-bond donors (Lipinski definition) is 1. The van der Waals surface area contributed by atoms with Crippen molar-refractivity contribution in [2.45, 2.75) is 55.4 Å². The van der Waals surface area contributed by atoms with Gasteiger partial charge in [-0.05, 0) is 63.6 Å². The fourth-order valence-corrected chi connectivity index (χ4v) is 8.00. The molecule has 0 radical (unpaired) electrons. The monoisotopic (exact) mass is 410 g/mol. The summed E-state index contributed by atoms with van der Waals surface area (Å²) in [5.74, 6) is 1.06. The van der Waals surface area contributed by atoms with Crippen LogP contribution >= 0.6 is 12.2 Å². The highest BCUT2D eigenvalue weighted by atomic mass is 32.1. The number of methoxy groups -OCH3 is 1. The number of likely N-dealkylation sites (N-methyl/N-ethyl adjacent to an activating group) is 1. The summed E-state index contributed by atoms with van der Waals surface area (Å²) in [6, 6.07) is 4.27. The van der Waals surface area contributed by atoms with Gasteiger partial charge in [0.25, 0.3) is 0 Å². The molecule has 2 spiro atoms. The minimum Gasteiger partial charge on any atom is -0.504 e. The van der Waals surface area contributed by atoms with Gasteiger partial charge in [0, 0.05) is 30.0 Å². The number of phenolic OH excluding ortho intramolecular Hbond substituents is 1. The highest BCUT2D eigenvalue weighted by molar-refractivity contribution is 7.78. The summed E-state index contributed by atoms with van der Waals surface area (Å²) in [7, 11) is 4.03. The van der Waals surface area contributed by atoms with E-state index in [0.717, 1.165) is 25.8 Å². The highest BCUT2D eigenvalue weighted by Crippen LogP contribution is 2.74. The smallest absolute Gasteiger partial charge is 0.165 e. The van der Waals surface area contributed by atoms with E-state index in [-0.39, 0.29) is 34.6 Å². The second-order valence-electron chi connectivity index (χ2n) is 9.57. The normalized spacial score (nSPS) is 44.0. The summed E-state index contributed by atoms with van der Waals surface area (Å²) in [5, 5.41) is 13.3. The number of ether oxygens (including phenoxy) is 2. The number of nitrogens with zero attached hydrogens (tertiary/aromatic N) is 2. The number of thiocarbonyl (C=S) groups is 1. The Morgan fingerprint density at radius 2 is 2.24 bits per heavy atom. The molecule has 2 unspecified atom stereocenters. The number of aliphatic imine (C=N–C) groups is 1. The number of isothiocyanates is 1. The maximum absolute atomic E-state index is 10.7. The van der Waals surface area contributed by atoms with Gasteiger partial charge >= 0.3 is 0 Å². The molecule has 6 heteroatoms. The zero-order valence-electron chi connectivity index (χ0n) is 17.0. The van der Waals surface area contributed by atoms with E-state index < -0.39 is 5.60 Å². The number of fused-ring (bicyclic) bond motifs is 1. The van der Waals surface area contributed by atoms with Crippen molar-refractivity contribution < 1.29 is 14.6 Å². The molecule has 1 saturated heterocycles. The Bertz CT molecular complexity index is 1000. The van der Waals surface area contributed by atoms with Crippen LogP contribution in [0.1, 0.15) is 30.9 Å². The van der Waals surface area contributed by atoms with Gasteiger partial charge in [-0.2, -0.15) is 0 Å². The third-order valence-electron chi connectivity index (χ3n) is 8.96. The molecule has 7 rings (SSSR count). The van der Waals surface area contributed by atoms with Crippen LogP contribution in [0.2, 0.25) is 0 Å². The Kier molecular flexibility index (Phi) is 3.43. The molecule has 0 amide bonds. The lowest BCUT2D eigenvalue weighted by atomic mass is 9.36. The van der Waals surface area contributed by atoms with Crippen molar-refractivity contribution in [2.24, 2.45) is 16.3 Å². The number of likely N-dealkylation sites (tertiary alicyclic amines) is 1. The van der Waals surface area contributed by atoms with Crippen LogP contribution in [0.5, 0.6) is 11.5 Å². The molecule has 1 aromatic carbocycles. The second-order valence-corrected chi connectivity index (χ2v) is 9.75. The van der Waals surface area contributed by atoms with Crippen LogP contribution in [-0.2, 0) is 16.6 Å². The number of phenols is 1. The standard InChI is InChI=1S/C23H26N2O3S/c1-13(24-12-29)15-11-21-6-7-23(15,27-3)20-22(21)8-9-25(2)17(21)10-14-4-5-16(26)19(28-20)18(14)22/h4-7,13,15,17,20,26H,8-11H2,1-3H3/t13?,15?,17-,20-,21-,22+,23-/m1/s1. The number of benzene rings is 1. The molecule has 2 fully saturated rings. The first kappa shape index (κ1) is 18.1. The largest absolute Gasteiger partial charge is 0.504 e. The Hall–Kier alpha value is -1.72. The van der Waals surface area contributed by atoms with Crippen LogP contribution in [0, 0.1) is 11.3 Å². The molecule has 1 N–H and O–H groups in total. The van der Waals surface area contributed by atoms with Gasteiger partial charge < -0.3 is 19.5 Å². The molecule has 152 valence electrons. The van der Waals surface area contributed by atoms with Gasteiger partial charge in [-0.3, -0.25) is 0 Å². The first-order chi connectivity index (χ1) is 13.9. The quantitative estimate of drug-likeness (QED) is 0.471. The summed E-state index contributed by atoms with van der Waals surface area (Å²) < 4.78 is 13.0. The van der Waals surface area contributed by atoms with E-state index in [1.807, 2.05) is 0 Å². The van der Waals surface area contributed by atoms with Crippen molar-refractivity contribution in [1.82, 2.24) is 4.90 Å². The van der Waals surface area contributed by atoms with Gasteiger partial charge in [-0.25, -0.2) is 4.99 Å². The average molecular weight is 411 g/mol. The van der Waals surface area contributed by atoms with E-state index in [2.05, 4.69) is 47.2 Å². The van der Waals surface area contributed by atoms with Crippen LogP contribution in [0.25, 0.3) is 0 Å². The minimum atomic E-state index is -0.600. The van der Waals surface area contributed by atoms with Gasteiger partial charge in [0.2, 0.25) is 0 Å². The minimum absolute atomic E-state index is 0.0139. The number of rotatable bonds is 3. The van der Waals surface area contributed by atoms with Crippen LogP contribution in [0.4, 0.5) is 0 Å². The van der Waals surface area contributed by atoms with Crippen LogP contribution in [0.3, 0.4) is 0 Å². The average Bonchev–Trinajstić information content (AvgIpc) is 3.09. The maximum atomic E-state index is 10.7. The molecule has 6 aliphatic rings. The molecule has 5 nitrogen and oxygen atoms in total. The predicted molar refractivity (Wildman–Crippen MR) is 113 cm³/mol. The summed E-state index contributed by atoms with van der Waals surface area (Å²) in [6.45, 7) is 3.13. The van der Waals surface area contributed by atoms with Crippen LogP contribution < -0.4 is 4.74 Å². The van der Waals surface area contributed by atoms with E-state index in [9.17, 15) is 5.11 Å². The third-order valence-corrected chi connectivity index (χ3v) is 9.07. The molecule has 1 aromatic rings. The van der Waals surface area contributed by atoms with Gasteiger partial charge in [0.1, 0.15) is 11.7 Å². The van der Waals surface area contributed by atoms with Crippen molar-refractivity contribution in [3.63, 3.8) is 0 Å². The molecular weight excluding hydrogens is 384 g/mol. The fraction of sp³-hybridized carbons (Fsp3) is 0.609. The summed E-state index contributed by atoms with van der Waals surface area (Å²) in [5.41, 5.74) is 1.72. The lowest BCUT2D eigenvalue weighted by molar-refractivity contribution is -0.216. The molecule has 7 atom stereocenters. The lowest BCUT2D eigenvalue weighted by Gasteiger charge is -2.71. The van der Waals surface area contributed by atoms with Crippen molar-refractivity contribution in [2.75, 3.05) is 20.7 Å². The number of aromatic hydroxyl groups is 1. The number of piperidine rings is 1. The van der Waals surface area contributed by atoms with Crippen LogP contribution in [0.15, 0.2) is 29.3 Å². The van der Waals surface area contributed by atoms with E-state index in [1.54, 1.807) is 13.2 Å². The topological polar surface area (TPSA) is 54.3 Å². The predicted octanol–water partition coefficient (Wildman–Crippen LogP) is 3.10. The van der Waals surface area contributed by atoms with E-state index in [0.29, 0.717) is 11.8 Å². The van der Waals surface area contributed by atoms with Crippen molar-refractivity contribution in [3.05, 3.63) is 35.4 Å². The summed E-state index contributed by atoms with van der Waals surface area (Å²) in [6.07, 6.45) is 7.45. The Morgan fingerprint density at radius 1 is 1.41 bits per heavy atom. The third kappa shape index (κ3) is 1.74. The highest BCUT2D eigenvalue weighted by Gasteiger charge is 2.79. The molecular formula is C23H26N2O3S. The zero-order chi connectivity index (χ0) is 20.2. The zero-order valence-corrected chi connectivity index (χ0v) is 17.8. The SMILES string of the molecule is CO[C@]12C=C[C@@]3(CC1C(C)N=C=S)[C@H]1Cc4ccc(O)c5c4[C@@]3(CCN1C)[C@H]2O5. The van der Waals surface area contributed by atoms with Gasteiger partial charge in [0.15, 0.2) is 11.5 Å². The van der Waals surface area contributed by atoms with Crippen molar-refractivity contribution in [3.8, 4) is 11.5 Å². The molecule has 2 heterocycles. The van der Waals surface area contributed by atoms with Crippen molar-refractivity contribution >= 4 is 17.4 Å². The molecule has 4 aliphatic carbocycles. The molecule has 2 aliphatic heterocycles. The second kappa shape index (κ2) is 5.50. The Balaban J connectivity index is 1.68. The van der Waals surface area contributed by atoms with Gasteiger partial charge in [-0.1, -0.05) is 18.2 Å². The molecule has 29 heavy (non-hydrogen) atoms. The first-order valence-electron chi connectivity index (χ1n) is 10.5. The Labute approximate surface area is 176 Å². The fourth-order valence-electron chi connectivity index (χ4n) is 7.83. The van der Waals surface area contributed by atoms with Crippen molar-refractivity contribution in [1.29, 1.82) is 0 Å². The molecule has 1 saturated carbocycles. The summed E-state index contributed by atoms with van der Waals surface area (Å²) in [4.78, 5) is 6.99. The molecule has 4 bridgehead atoms. The van der Waals surface area contributed by atoms with E-state index in [4.69, 9.17) is 21.7 Å². The first-order valence-corrected chi connectivity index (χ1v) is 10.9. The van der Waals surface area contributed by atoms with Crippen LogP contribution in [-0.4, -0.2) is 59.7 Å². The van der Waals surface area contributed by atoms with E-state index in [1.165, 1.54) is 11.1 Å². The maximum Gasteiger partial charge on any atom is 0.165 e. The van der Waals surface area contributed by atoms with E-state index >= 15 is 0 Å². The van der Waals surface area contributed by atoms with Gasteiger partial charge in [0.05, 0.1) is 16.6 Å². The van der Waals surface area contributed by atoms with Gasteiger partial charge in [-0.15, -0.1) is 0 Å². The molecule has 0 aromatic heterocycles. The lowest BCUT2D eigenvalue weighted by Crippen LogP contribution is -2.79. The number of hydrogen-bond acceptors (Lipinski definition) is 6.